The first kappa shape index (κ1) is 21.4. The van der Waals surface area contributed by atoms with Crippen LogP contribution in [0.25, 0.3) is 0 Å². The Kier molecular flexibility index (Phi) is 6.58. The fourth-order valence-electron chi connectivity index (χ4n) is 3.89. The molecule has 0 bridgehead atoms. The van der Waals surface area contributed by atoms with Crippen molar-refractivity contribution >= 4 is 23.1 Å². The lowest BCUT2D eigenvalue weighted by molar-refractivity contribution is -0.128. The number of rotatable bonds is 8. The zero-order valence-electron chi connectivity index (χ0n) is 18.2. The smallest absolute Gasteiger partial charge is 0.223 e. The number of aryl methyl sites for hydroxylation is 1. The Balaban J connectivity index is 1.46. The lowest BCUT2D eigenvalue weighted by Crippen LogP contribution is -2.24. The molecule has 1 amide bonds. The van der Waals surface area contributed by atoms with Crippen LogP contribution in [0.5, 0.6) is 0 Å². The predicted octanol–water partition coefficient (Wildman–Crippen LogP) is 3.43. The van der Waals surface area contributed by atoms with Gasteiger partial charge in [0.1, 0.15) is 11.6 Å². The maximum atomic E-state index is 12.6. The summed E-state index contributed by atoms with van der Waals surface area (Å²) in [4.78, 5) is 31.8. The second kappa shape index (κ2) is 9.53. The molecule has 8 heteroatoms. The molecule has 31 heavy (non-hydrogen) atoms. The van der Waals surface area contributed by atoms with Crippen molar-refractivity contribution in [2.45, 2.75) is 38.9 Å². The molecule has 0 saturated carbocycles. The van der Waals surface area contributed by atoms with Crippen molar-refractivity contribution in [2.24, 2.45) is 0 Å². The molecule has 3 aromatic rings. The number of amides is 1. The minimum absolute atomic E-state index is 0.0829. The van der Waals surface area contributed by atoms with Gasteiger partial charge >= 0.3 is 0 Å². The Bertz CT molecular complexity index is 1040. The van der Waals surface area contributed by atoms with Crippen LogP contribution in [-0.4, -0.2) is 51.3 Å². The number of carbonyl (C=O) groups is 1. The molecule has 162 valence electrons. The molecule has 4 rings (SSSR count). The van der Waals surface area contributed by atoms with Gasteiger partial charge in [0, 0.05) is 56.2 Å². The van der Waals surface area contributed by atoms with Crippen molar-refractivity contribution < 1.29 is 4.79 Å². The molecule has 0 radical (unpaired) electrons. The maximum absolute atomic E-state index is 12.6. The molecule has 1 saturated heterocycles. The first-order valence-electron chi connectivity index (χ1n) is 10.5. The minimum Gasteiger partial charge on any atom is -0.373 e. The van der Waals surface area contributed by atoms with Gasteiger partial charge in [0.2, 0.25) is 5.91 Å². The van der Waals surface area contributed by atoms with E-state index in [1.54, 1.807) is 11.3 Å². The molecular formula is C23H28N6OS. The van der Waals surface area contributed by atoms with E-state index >= 15 is 0 Å². The molecule has 1 aliphatic rings. The molecule has 1 aromatic carbocycles. The molecule has 1 N–H and O–H groups in total. The number of benzene rings is 1. The number of likely N-dealkylation sites (tertiary alicyclic amines) is 1. The second-order valence-electron chi connectivity index (χ2n) is 8.02. The van der Waals surface area contributed by atoms with Gasteiger partial charge in [-0.3, -0.25) is 9.69 Å². The Morgan fingerprint density at radius 3 is 2.74 bits per heavy atom. The first-order valence-corrected chi connectivity index (χ1v) is 11.3. The van der Waals surface area contributed by atoms with Gasteiger partial charge in [-0.05, 0) is 19.5 Å². The van der Waals surface area contributed by atoms with Crippen molar-refractivity contribution in [1.29, 1.82) is 0 Å². The molecule has 1 aliphatic heterocycles. The van der Waals surface area contributed by atoms with E-state index in [4.69, 9.17) is 4.98 Å². The number of carbonyl (C=O) groups excluding carboxylic acids is 1. The summed E-state index contributed by atoms with van der Waals surface area (Å²) in [5.74, 6) is 1.81. The number of hydrogen-bond acceptors (Lipinski definition) is 7. The van der Waals surface area contributed by atoms with E-state index in [2.05, 4.69) is 39.4 Å². The third kappa shape index (κ3) is 5.45. The van der Waals surface area contributed by atoms with Crippen LogP contribution in [-0.2, 0) is 24.4 Å². The monoisotopic (exact) mass is 436 g/mol. The molecule has 0 spiro atoms. The van der Waals surface area contributed by atoms with E-state index in [1.165, 1.54) is 4.88 Å². The van der Waals surface area contributed by atoms with Crippen molar-refractivity contribution in [3.63, 3.8) is 0 Å². The Morgan fingerprint density at radius 1 is 1.23 bits per heavy atom. The van der Waals surface area contributed by atoms with Crippen LogP contribution < -0.4 is 5.32 Å². The van der Waals surface area contributed by atoms with Gasteiger partial charge in [0.25, 0.3) is 0 Å². The molecule has 7 nitrogen and oxygen atoms in total. The van der Waals surface area contributed by atoms with Crippen LogP contribution in [0.2, 0.25) is 0 Å². The Morgan fingerprint density at radius 2 is 2.03 bits per heavy atom. The summed E-state index contributed by atoms with van der Waals surface area (Å²) in [6.07, 6.45) is 2.42. The lowest BCUT2D eigenvalue weighted by atomic mass is 10.0. The van der Waals surface area contributed by atoms with E-state index in [-0.39, 0.29) is 11.8 Å². The van der Waals surface area contributed by atoms with Crippen molar-refractivity contribution in [3.8, 4) is 0 Å². The highest BCUT2D eigenvalue weighted by Gasteiger charge is 2.32. The summed E-state index contributed by atoms with van der Waals surface area (Å²) in [7, 11) is 3.92. The third-order valence-electron chi connectivity index (χ3n) is 5.40. The number of nitrogens with zero attached hydrogens (tertiary/aromatic N) is 5. The normalized spacial score (nSPS) is 16.3. The van der Waals surface area contributed by atoms with Gasteiger partial charge in [0.05, 0.1) is 17.2 Å². The number of hydrogen-bond donors (Lipinski definition) is 1. The third-order valence-corrected chi connectivity index (χ3v) is 6.30. The molecule has 1 fully saturated rings. The Labute approximate surface area is 187 Å². The molecule has 3 heterocycles. The van der Waals surface area contributed by atoms with E-state index in [9.17, 15) is 4.79 Å². The van der Waals surface area contributed by atoms with E-state index in [0.717, 1.165) is 34.5 Å². The largest absolute Gasteiger partial charge is 0.373 e. The summed E-state index contributed by atoms with van der Waals surface area (Å²) >= 11 is 1.71. The second-order valence-corrected chi connectivity index (χ2v) is 9.34. The zero-order valence-corrected chi connectivity index (χ0v) is 19.0. The lowest BCUT2D eigenvalue weighted by Gasteiger charge is -2.18. The summed E-state index contributed by atoms with van der Waals surface area (Å²) < 4.78 is 0. The van der Waals surface area contributed by atoms with Gasteiger partial charge in [-0.1, -0.05) is 30.3 Å². The summed E-state index contributed by atoms with van der Waals surface area (Å²) in [5.41, 5.74) is 2.08. The number of thiazole rings is 1. The highest BCUT2D eigenvalue weighted by molar-refractivity contribution is 7.11. The maximum Gasteiger partial charge on any atom is 0.223 e. The van der Waals surface area contributed by atoms with Gasteiger partial charge in [-0.25, -0.2) is 15.0 Å². The van der Waals surface area contributed by atoms with Gasteiger partial charge in [0.15, 0.2) is 0 Å². The van der Waals surface area contributed by atoms with Crippen LogP contribution in [0.15, 0.2) is 42.6 Å². The fourth-order valence-corrected chi connectivity index (χ4v) is 4.77. The summed E-state index contributed by atoms with van der Waals surface area (Å²) in [6.45, 7) is 4.78. The van der Waals surface area contributed by atoms with E-state index < -0.39 is 0 Å². The quantitative estimate of drug-likeness (QED) is 0.583. The van der Waals surface area contributed by atoms with Crippen molar-refractivity contribution in [2.75, 3.05) is 26.0 Å². The van der Waals surface area contributed by atoms with Crippen LogP contribution >= 0.6 is 11.3 Å². The standard InChI is InChI=1S/C23H28N6OS/c1-16-25-11-19(31-16)14-28(3)15-22-26-20(10-21(24-2)27-22)18-9-23(30)29(13-18)12-17-7-5-4-6-8-17/h4-8,10-11,18H,9,12-15H2,1-3H3,(H,24,26,27)/t18-/m0/s1. The summed E-state index contributed by atoms with van der Waals surface area (Å²) in [6, 6.07) is 12.1. The molecule has 0 aliphatic carbocycles. The van der Waals surface area contributed by atoms with Crippen LogP contribution in [0.4, 0.5) is 5.82 Å². The van der Waals surface area contributed by atoms with Crippen LogP contribution in [0.3, 0.4) is 0 Å². The van der Waals surface area contributed by atoms with E-state index in [1.807, 2.05) is 49.3 Å². The number of aromatic nitrogens is 3. The molecule has 1 atom stereocenters. The van der Waals surface area contributed by atoms with Gasteiger partial charge in [-0.15, -0.1) is 11.3 Å². The topological polar surface area (TPSA) is 74.2 Å². The van der Waals surface area contributed by atoms with Gasteiger partial charge in [-0.2, -0.15) is 0 Å². The Hall–Kier alpha value is -2.84. The van der Waals surface area contributed by atoms with Crippen molar-refractivity contribution in [3.05, 3.63) is 69.6 Å². The average molecular weight is 437 g/mol. The fraction of sp³-hybridized carbons (Fsp3) is 0.391. The summed E-state index contributed by atoms with van der Waals surface area (Å²) in [5, 5.41) is 4.22. The van der Waals surface area contributed by atoms with Crippen LogP contribution in [0, 0.1) is 6.92 Å². The minimum atomic E-state index is 0.0829. The predicted molar refractivity (Wildman–Crippen MR) is 123 cm³/mol. The number of anilines is 1. The highest BCUT2D eigenvalue weighted by Crippen LogP contribution is 2.29. The SMILES string of the molecule is CNc1cc([C@H]2CC(=O)N(Cc3ccccc3)C2)nc(CN(C)Cc2cnc(C)s2)n1. The molecule has 0 unspecified atom stereocenters. The van der Waals surface area contributed by atoms with Crippen LogP contribution in [0.1, 0.15) is 39.3 Å². The van der Waals surface area contributed by atoms with Gasteiger partial charge < -0.3 is 10.2 Å². The molecule has 2 aromatic heterocycles. The highest BCUT2D eigenvalue weighted by atomic mass is 32.1. The van der Waals surface area contributed by atoms with E-state index in [0.29, 0.717) is 26.1 Å². The number of nitrogens with one attached hydrogen (secondary N) is 1. The first-order chi connectivity index (χ1) is 15.0. The molecular weight excluding hydrogens is 408 g/mol. The van der Waals surface area contributed by atoms with Crippen molar-refractivity contribution in [1.82, 2.24) is 24.8 Å². The average Bonchev–Trinajstić information content (AvgIpc) is 3.33. The zero-order chi connectivity index (χ0) is 21.8.